The summed E-state index contributed by atoms with van der Waals surface area (Å²) in [4.78, 5) is 20.2. The lowest BCUT2D eigenvalue weighted by molar-refractivity contribution is 0.102. The van der Waals surface area contributed by atoms with Gasteiger partial charge >= 0.3 is 0 Å². The van der Waals surface area contributed by atoms with Crippen molar-refractivity contribution in [3.8, 4) is 22.4 Å². The van der Waals surface area contributed by atoms with Crippen molar-refractivity contribution in [3.05, 3.63) is 102 Å². The Morgan fingerprint density at radius 1 is 0.921 bits per heavy atom. The van der Waals surface area contributed by atoms with E-state index in [0.717, 1.165) is 65.3 Å². The molecule has 6 rings (SSSR count). The fourth-order valence-corrected chi connectivity index (χ4v) is 5.45. The molecule has 190 valence electrons. The van der Waals surface area contributed by atoms with Crippen LogP contribution in [0.3, 0.4) is 0 Å². The van der Waals surface area contributed by atoms with Crippen LogP contribution in [0.25, 0.3) is 33.4 Å². The van der Waals surface area contributed by atoms with Crippen LogP contribution in [-0.4, -0.2) is 41.6 Å². The molecule has 7 heteroatoms. The summed E-state index contributed by atoms with van der Waals surface area (Å²) in [6.45, 7) is 3.98. The van der Waals surface area contributed by atoms with Crippen LogP contribution in [0, 0.1) is 0 Å². The fourth-order valence-electron chi connectivity index (χ4n) is 5.22. The molecule has 2 aromatic heterocycles. The number of pyridine rings is 1. The van der Waals surface area contributed by atoms with Gasteiger partial charge in [0.05, 0.1) is 10.7 Å². The number of hydrogen-bond acceptors (Lipinski definition) is 4. The number of carbonyl (C=O) groups excluding carboxylic acids is 1. The summed E-state index contributed by atoms with van der Waals surface area (Å²) in [5.74, 6) is -0.163. The molecular formula is C31H28ClN5O. The van der Waals surface area contributed by atoms with Crippen molar-refractivity contribution in [2.45, 2.75) is 0 Å². The predicted octanol–water partition coefficient (Wildman–Crippen LogP) is 6.22. The standard InChI is InChI=1S/C31H28ClN5O/c1-36-29(21-10-12-25(13-11-21)37-18-16-33-17-19-37)27(28-26(32)14-15-34-30(28)36)22-6-5-7-23(20-22)31(38)35-24-8-3-2-4-9-24/h2-15,20,33H,16-19H2,1H3,(H,35,38). The molecule has 3 heterocycles. The van der Waals surface area contributed by atoms with E-state index in [4.69, 9.17) is 11.6 Å². The molecule has 1 saturated heterocycles. The monoisotopic (exact) mass is 521 g/mol. The van der Waals surface area contributed by atoms with Crippen LogP contribution < -0.4 is 15.5 Å². The van der Waals surface area contributed by atoms with Crippen molar-refractivity contribution in [2.75, 3.05) is 36.4 Å². The first kappa shape index (κ1) is 24.2. The molecule has 1 aliphatic heterocycles. The summed E-state index contributed by atoms with van der Waals surface area (Å²) in [6.07, 6.45) is 1.73. The first-order valence-electron chi connectivity index (χ1n) is 12.8. The molecule has 0 spiro atoms. The Morgan fingerprint density at radius 2 is 1.68 bits per heavy atom. The molecule has 6 nitrogen and oxygen atoms in total. The smallest absolute Gasteiger partial charge is 0.255 e. The zero-order valence-electron chi connectivity index (χ0n) is 21.1. The fraction of sp³-hybridized carbons (Fsp3) is 0.161. The first-order valence-corrected chi connectivity index (χ1v) is 13.1. The van der Waals surface area contributed by atoms with Crippen LogP contribution in [0.2, 0.25) is 5.02 Å². The number of anilines is 2. The average Bonchev–Trinajstić information content (AvgIpc) is 3.27. The lowest BCUT2D eigenvalue weighted by Crippen LogP contribution is -2.43. The number of amides is 1. The molecule has 2 N–H and O–H groups in total. The topological polar surface area (TPSA) is 62.2 Å². The van der Waals surface area contributed by atoms with Gasteiger partial charge in [0.2, 0.25) is 0 Å². The van der Waals surface area contributed by atoms with Crippen molar-refractivity contribution in [1.29, 1.82) is 0 Å². The maximum Gasteiger partial charge on any atom is 0.255 e. The van der Waals surface area contributed by atoms with Crippen molar-refractivity contribution in [1.82, 2.24) is 14.9 Å². The molecule has 38 heavy (non-hydrogen) atoms. The van der Waals surface area contributed by atoms with E-state index < -0.39 is 0 Å². The maximum absolute atomic E-state index is 13.1. The number of piperazine rings is 1. The molecule has 5 aromatic rings. The predicted molar refractivity (Wildman–Crippen MR) is 156 cm³/mol. The number of rotatable bonds is 5. The maximum atomic E-state index is 13.1. The van der Waals surface area contributed by atoms with Crippen LogP contribution >= 0.6 is 11.6 Å². The van der Waals surface area contributed by atoms with Gasteiger partial charge in [0.1, 0.15) is 5.65 Å². The molecule has 0 unspecified atom stereocenters. The second kappa shape index (κ2) is 10.3. The lowest BCUT2D eigenvalue weighted by Gasteiger charge is -2.29. The van der Waals surface area contributed by atoms with Gasteiger partial charge in [-0.2, -0.15) is 0 Å². The van der Waals surface area contributed by atoms with Gasteiger partial charge in [0, 0.05) is 67.3 Å². The molecule has 0 saturated carbocycles. The Kier molecular flexibility index (Phi) is 6.58. The minimum atomic E-state index is -0.163. The van der Waals surface area contributed by atoms with E-state index in [2.05, 4.69) is 49.4 Å². The van der Waals surface area contributed by atoms with Crippen molar-refractivity contribution >= 4 is 39.9 Å². The second-order valence-electron chi connectivity index (χ2n) is 9.46. The number of nitrogens with one attached hydrogen (secondary N) is 2. The number of para-hydroxylation sites is 1. The number of nitrogens with zero attached hydrogens (tertiary/aromatic N) is 3. The van der Waals surface area contributed by atoms with E-state index in [0.29, 0.717) is 10.6 Å². The lowest BCUT2D eigenvalue weighted by atomic mass is 9.97. The van der Waals surface area contributed by atoms with E-state index in [1.807, 2.05) is 67.7 Å². The number of halogens is 1. The number of hydrogen-bond donors (Lipinski definition) is 2. The molecule has 0 radical (unpaired) electrons. The van der Waals surface area contributed by atoms with Crippen LogP contribution in [-0.2, 0) is 7.05 Å². The van der Waals surface area contributed by atoms with Gasteiger partial charge < -0.3 is 20.1 Å². The summed E-state index contributed by atoms with van der Waals surface area (Å²) >= 11 is 6.78. The Morgan fingerprint density at radius 3 is 2.45 bits per heavy atom. The highest BCUT2D eigenvalue weighted by Gasteiger charge is 2.22. The second-order valence-corrected chi connectivity index (χ2v) is 9.87. The Bertz CT molecular complexity index is 1610. The number of aryl methyl sites for hydroxylation is 1. The average molecular weight is 522 g/mol. The molecule has 0 bridgehead atoms. The third-order valence-corrected chi connectivity index (χ3v) is 7.40. The van der Waals surface area contributed by atoms with Crippen molar-refractivity contribution in [2.24, 2.45) is 7.05 Å². The minimum Gasteiger partial charge on any atom is -0.369 e. The van der Waals surface area contributed by atoms with Gasteiger partial charge in [0.15, 0.2) is 0 Å². The normalized spacial score (nSPS) is 13.6. The van der Waals surface area contributed by atoms with Gasteiger partial charge in [-0.25, -0.2) is 4.98 Å². The van der Waals surface area contributed by atoms with E-state index in [-0.39, 0.29) is 5.91 Å². The Hall–Kier alpha value is -4.13. The molecule has 1 aliphatic rings. The quantitative estimate of drug-likeness (QED) is 0.288. The van der Waals surface area contributed by atoms with E-state index in [9.17, 15) is 4.79 Å². The van der Waals surface area contributed by atoms with E-state index in [1.165, 1.54) is 5.69 Å². The first-order chi connectivity index (χ1) is 18.6. The highest BCUT2D eigenvalue weighted by Crippen LogP contribution is 2.43. The number of carbonyl (C=O) groups is 1. The zero-order valence-corrected chi connectivity index (χ0v) is 21.9. The molecule has 1 amide bonds. The summed E-state index contributed by atoms with van der Waals surface area (Å²) in [7, 11) is 2.01. The number of aromatic nitrogens is 2. The van der Waals surface area contributed by atoms with Crippen molar-refractivity contribution < 1.29 is 4.79 Å². The molecule has 0 atom stereocenters. The zero-order chi connectivity index (χ0) is 26.1. The Balaban J connectivity index is 1.45. The van der Waals surface area contributed by atoms with Gasteiger partial charge in [-0.3, -0.25) is 4.79 Å². The van der Waals surface area contributed by atoms with Crippen LogP contribution in [0.4, 0.5) is 11.4 Å². The Labute approximate surface area is 226 Å². The molecule has 3 aromatic carbocycles. The summed E-state index contributed by atoms with van der Waals surface area (Å²) in [5.41, 5.74) is 7.29. The molecule has 1 fully saturated rings. The van der Waals surface area contributed by atoms with Gasteiger partial charge in [-0.05, 0) is 53.6 Å². The summed E-state index contributed by atoms with van der Waals surface area (Å²) in [6, 6.07) is 27.7. The highest BCUT2D eigenvalue weighted by atomic mass is 35.5. The third kappa shape index (κ3) is 4.53. The van der Waals surface area contributed by atoms with E-state index >= 15 is 0 Å². The number of benzene rings is 3. The molecular weight excluding hydrogens is 494 g/mol. The van der Waals surface area contributed by atoms with Gasteiger partial charge in [-0.1, -0.05) is 54.1 Å². The largest absolute Gasteiger partial charge is 0.369 e. The number of fused-ring (bicyclic) bond motifs is 1. The third-order valence-electron chi connectivity index (χ3n) is 7.09. The van der Waals surface area contributed by atoms with Crippen LogP contribution in [0.1, 0.15) is 10.4 Å². The SMILES string of the molecule is Cn1c(-c2ccc(N3CCNCC3)cc2)c(-c2cccc(C(=O)Nc3ccccc3)c2)c2c(Cl)ccnc21. The van der Waals surface area contributed by atoms with Crippen LogP contribution in [0.5, 0.6) is 0 Å². The highest BCUT2D eigenvalue weighted by molar-refractivity contribution is 6.37. The van der Waals surface area contributed by atoms with Gasteiger partial charge in [0.25, 0.3) is 5.91 Å². The summed E-state index contributed by atoms with van der Waals surface area (Å²) < 4.78 is 2.09. The molecule has 0 aliphatic carbocycles. The minimum absolute atomic E-state index is 0.163. The van der Waals surface area contributed by atoms with Crippen molar-refractivity contribution in [3.63, 3.8) is 0 Å². The summed E-state index contributed by atoms with van der Waals surface area (Å²) in [5, 5.41) is 7.89. The van der Waals surface area contributed by atoms with Crippen LogP contribution in [0.15, 0.2) is 91.1 Å². The van der Waals surface area contributed by atoms with E-state index in [1.54, 1.807) is 6.20 Å². The van der Waals surface area contributed by atoms with Gasteiger partial charge in [-0.15, -0.1) is 0 Å².